The third-order valence-electron chi connectivity index (χ3n) is 6.68. The summed E-state index contributed by atoms with van der Waals surface area (Å²) in [4.78, 5) is 18.4. The van der Waals surface area contributed by atoms with Crippen molar-refractivity contribution in [2.24, 2.45) is 7.05 Å². The van der Waals surface area contributed by atoms with Crippen molar-refractivity contribution < 1.29 is 4.79 Å². The molecule has 1 N–H and O–H groups in total. The van der Waals surface area contributed by atoms with Crippen molar-refractivity contribution in [2.45, 2.75) is 13.3 Å². The molecule has 5 nitrogen and oxygen atoms in total. The Balaban J connectivity index is 1.60. The fourth-order valence-corrected chi connectivity index (χ4v) is 5.28. The van der Waals surface area contributed by atoms with Crippen LogP contribution in [0.1, 0.15) is 22.5 Å². The Kier molecular flexibility index (Phi) is 8.34. The van der Waals surface area contributed by atoms with Crippen LogP contribution in [0.25, 0.3) is 22.4 Å². The van der Waals surface area contributed by atoms with E-state index >= 15 is 0 Å². The van der Waals surface area contributed by atoms with Gasteiger partial charge in [0.25, 0.3) is 5.91 Å². The van der Waals surface area contributed by atoms with E-state index in [9.17, 15) is 4.79 Å². The van der Waals surface area contributed by atoms with Gasteiger partial charge in [0.2, 0.25) is 0 Å². The molecule has 1 amide bonds. The van der Waals surface area contributed by atoms with Crippen LogP contribution in [-0.4, -0.2) is 66.6 Å². The number of carbonyl (C=O) groups is 1. The average molecular weight is 591 g/mol. The van der Waals surface area contributed by atoms with E-state index < -0.39 is 0 Å². The minimum absolute atomic E-state index is 0.0134. The van der Waals surface area contributed by atoms with Crippen LogP contribution < -0.4 is 5.32 Å². The Hall–Kier alpha value is -1.87. The molecule has 1 aliphatic heterocycles. The number of nitrogens with zero attached hydrogens (tertiary/aromatic N) is 3. The molecule has 0 saturated carbocycles. The summed E-state index contributed by atoms with van der Waals surface area (Å²) < 4.78 is 3.26. The summed E-state index contributed by atoms with van der Waals surface area (Å²) in [5, 5.41) is 3.90. The zero-order valence-corrected chi connectivity index (χ0v) is 23.0. The molecule has 0 radical (unpaired) electrons. The van der Waals surface area contributed by atoms with Gasteiger partial charge in [-0.25, -0.2) is 0 Å². The van der Waals surface area contributed by atoms with Gasteiger partial charge in [-0.05, 0) is 84.9 Å². The molecule has 3 aromatic rings. The van der Waals surface area contributed by atoms with Crippen molar-refractivity contribution in [1.82, 2.24) is 19.7 Å². The molecular formula is C27H32ClIN4O. The maximum Gasteiger partial charge on any atom is 0.253 e. The number of piperazine rings is 1. The summed E-state index contributed by atoms with van der Waals surface area (Å²) in [6.07, 6.45) is 0.948. The highest BCUT2D eigenvalue weighted by molar-refractivity contribution is 14.1. The predicted octanol–water partition coefficient (Wildman–Crippen LogP) is 5.29. The molecule has 0 unspecified atom stereocenters. The van der Waals surface area contributed by atoms with Gasteiger partial charge in [0.15, 0.2) is 0 Å². The second-order valence-electron chi connectivity index (χ2n) is 9.01. The van der Waals surface area contributed by atoms with Crippen LogP contribution in [0.3, 0.4) is 0 Å². The van der Waals surface area contributed by atoms with Gasteiger partial charge >= 0.3 is 0 Å². The van der Waals surface area contributed by atoms with E-state index in [1.807, 2.05) is 44.3 Å². The first-order valence-corrected chi connectivity index (χ1v) is 13.2. The molecule has 2 aromatic carbocycles. The highest BCUT2D eigenvalue weighted by atomic mass is 127. The van der Waals surface area contributed by atoms with Crippen LogP contribution in [0.5, 0.6) is 0 Å². The Labute approximate surface area is 221 Å². The lowest BCUT2D eigenvalue weighted by Crippen LogP contribution is -2.45. The number of rotatable bonds is 7. The van der Waals surface area contributed by atoms with Crippen LogP contribution in [0.4, 0.5) is 0 Å². The summed E-state index contributed by atoms with van der Waals surface area (Å²) in [6.45, 7) is 8.14. The third kappa shape index (κ3) is 5.67. The summed E-state index contributed by atoms with van der Waals surface area (Å²) >= 11 is 8.48. The third-order valence-corrected chi connectivity index (χ3v) is 7.60. The topological polar surface area (TPSA) is 40.5 Å². The first-order valence-electron chi connectivity index (χ1n) is 11.8. The molecule has 0 aliphatic carbocycles. The molecule has 2 heterocycles. The number of likely N-dealkylation sites (N-methyl/N-ethyl adjacent to an activating group) is 1. The number of aromatic nitrogens is 1. The van der Waals surface area contributed by atoms with E-state index in [0.29, 0.717) is 11.6 Å². The van der Waals surface area contributed by atoms with E-state index in [4.69, 9.17) is 11.6 Å². The second-order valence-corrected chi connectivity index (χ2v) is 10.7. The lowest BCUT2D eigenvalue weighted by molar-refractivity contribution is 0.0949. The van der Waals surface area contributed by atoms with Gasteiger partial charge in [0.1, 0.15) is 0 Å². The highest BCUT2D eigenvalue weighted by Gasteiger charge is 2.26. The molecule has 0 spiro atoms. The Bertz CT molecular complexity index is 1150. The number of nitrogens with one attached hydrogen (secondary N) is 1. The van der Waals surface area contributed by atoms with E-state index in [1.165, 1.54) is 0 Å². The molecule has 1 fully saturated rings. The second kappa shape index (κ2) is 11.2. The van der Waals surface area contributed by atoms with Crippen LogP contribution in [0, 0.1) is 10.5 Å². The summed E-state index contributed by atoms with van der Waals surface area (Å²) in [7, 11) is 4.20. The average Bonchev–Trinajstić information content (AvgIpc) is 3.09. The van der Waals surface area contributed by atoms with Crippen LogP contribution >= 0.6 is 34.2 Å². The Morgan fingerprint density at radius 2 is 1.74 bits per heavy atom. The Morgan fingerprint density at radius 1 is 1.03 bits per heavy atom. The first kappa shape index (κ1) is 25.2. The highest BCUT2D eigenvalue weighted by Crippen LogP contribution is 2.39. The predicted molar refractivity (Wildman–Crippen MR) is 150 cm³/mol. The van der Waals surface area contributed by atoms with E-state index in [1.54, 1.807) is 0 Å². The molecule has 7 heteroatoms. The lowest BCUT2D eigenvalue weighted by Gasteiger charge is -2.32. The molecule has 1 aliphatic rings. The number of hydrogen-bond donors (Lipinski definition) is 1. The number of amides is 1. The minimum Gasteiger partial charge on any atom is -0.352 e. The molecule has 0 atom stereocenters. The van der Waals surface area contributed by atoms with Gasteiger partial charge in [-0.1, -0.05) is 35.9 Å². The quantitative estimate of drug-likeness (QED) is 0.300. The summed E-state index contributed by atoms with van der Waals surface area (Å²) in [6, 6.07) is 16.2. The van der Waals surface area contributed by atoms with E-state index in [2.05, 4.69) is 67.5 Å². The van der Waals surface area contributed by atoms with Gasteiger partial charge in [-0.2, -0.15) is 0 Å². The zero-order chi connectivity index (χ0) is 24.2. The molecule has 180 valence electrons. The Morgan fingerprint density at radius 3 is 2.41 bits per heavy atom. The van der Waals surface area contributed by atoms with Crippen molar-refractivity contribution in [3.63, 3.8) is 0 Å². The van der Waals surface area contributed by atoms with Crippen molar-refractivity contribution in [3.8, 4) is 22.4 Å². The van der Waals surface area contributed by atoms with Crippen LogP contribution in [0.15, 0.2) is 48.5 Å². The van der Waals surface area contributed by atoms with Crippen LogP contribution in [0.2, 0.25) is 5.02 Å². The maximum absolute atomic E-state index is 13.5. The van der Waals surface area contributed by atoms with Crippen molar-refractivity contribution in [2.75, 3.05) is 46.3 Å². The van der Waals surface area contributed by atoms with Gasteiger partial charge in [-0.3, -0.25) is 4.79 Å². The van der Waals surface area contributed by atoms with E-state index in [-0.39, 0.29) is 5.91 Å². The fourth-order valence-electron chi connectivity index (χ4n) is 4.62. The van der Waals surface area contributed by atoms with Crippen molar-refractivity contribution in [3.05, 3.63) is 68.4 Å². The van der Waals surface area contributed by atoms with Gasteiger partial charge < -0.3 is 19.7 Å². The first-order chi connectivity index (χ1) is 16.3. The minimum atomic E-state index is -0.0134. The zero-order valence-electron chi connectivity index (χ0n) is 20.1. The molecule has 0 bridgehead atoms. The lowest BCUT2D eigenvalue weighted by atomic mass is 9.96. The molecule has 34 heavy (non-hydrogen) atoms. The number of benzene rings is 2. The largest absolute Gasteiger partial charge is 0.352 e. The molecule has 4 rings (SSSR count). The number of halogens is 2. The van der Waals surface area contributed by atoms with Gasteiger partial charge in [0, 0.05) is 59.6 Å². The number of carbonyl (C=O) groups excluding carboxylic acids is 1. The summed E-state index contributed by atoms with van der Waals surface area (Å²) in [5.74, 6) is -0.0134. The molecular weight excluding hydrogens is 559 g/mol. The smallest absolute Gasteiger partial charge is 0.253 e. The van der Waals surface area contributed by atoms with Gasteiger partial charge in [-0.15, -0.1) is 0 Å². The van der Waals surface area contributed by atoms with Crippen molar-refractivity contribution >= 4 is 40.1 Å². The standard InChI is InChI=1S/C27H32ClIN4O/c1-19-24(27(34)30-12-5-13-33-16-14-31(2)15-17-33)25(21-6-4-7-23(29)18-21)26(32(19)3)20-8-10-22(28)11-9-20/h4,6-11,18H,5,12-17H2,1-3H3,(H,30,34). The molecule has 1 aromatic heterocycles. The van der Waals surface area contributed by atoms with Crippen molar-refractivity contribution in [1.29, 1.82) is 0 Å². The van der Waals surface area contributed by atoms with Gasteiger partial charge in [0.05, 0.1) is 11.3 Å². The monoisotopic (exact) mass is 590 g/mol. The normalized spacial score (nSPS) is 15.0. The number of hydrogen-bond acceptors (Lipinski definition) is 3. The SMILES string of the molecule is Cc1c(C(=O)NCCCN2CCN(C)CC2)c(-c2cccc(I)c2)c(-c2ccc(Cl)cc2)n1C. The maximum atomic E-state index is 13.5. The van der Waals surface area contributed by atoms with Crippen LogP contribution in [-0.2, 0) is 7.05 Å². The van der Waals surface area contributed by atoms with E-state index in [0.717, 1.165) is 76.4 Å². The summed E-state index contributed by atoms with van der Waals surface area (Å²) in [5.41, 5.74) is 5.78. The fraction of sp³-hybridized carbons (Fsp3) is 0.370. The molecule has 1 saturated heterocycles.